The molecular weight excluding hydrogens is 242 g/mol. The van der Waals surface area contributed by atoms with Crippen LogP contribution in [0.1, 0.15) is 59.0 Å². The molecule has 0 bridgehead atoms. The lowest BCUT2D eigenvalue weighted by atomic mass is 9.76. The Hall–Kier alpha value is -1.60. The Morgan fingerprint density at radius 1 is 1.00 bits per heavy atom. The maximum atomic E-state index is 6.55. The minimum Gasteiger partial charge on any atom is -0.320 e. The van der Waals surface area contributed by atoms with Crippen LogP contribution in [0.2, 0.25) is 0 Å². The molecule has 3 rings (SSSR count). The van der Waals surface area contributed by atoms with Crippen molar-refractivity contribution in [2.45, 2.75) is 45.1 Å². The number of aryl methyl sites for hydroxylation is 2. The summed E-state index contributed by atoms with van der Waals surface area (Å²) < 4.78 is 0. The minimum atomic E-state index is -0.00824. The summed E-state index contributed by atoms with van der Waals surface area (Å²) in [6.07, 6.45) is 3.99. The highest BCUT2D eigenvalue weighted by Crippen LogP contribution is 2.40. The molecule has 0 spiro atoms. The van der Waals surface area contributed by atoms with Crippen LogP contribution in [0.5, 0.6) is 0 Å². The Morgan fingerprint density at radius 2 is 1.75 bits per heavy atom. The van der Waals surface area contributed by atoms with Crippen molar-refractivity contribution in [2.75, 3.05) is 0 Å². The number of benzene rings is 2. The summed E-state index contributed by atoms with van der Waals surface area (Å²) >= 11 is 0. The SMILES string of the molecule is Cc1ccc(C(N)c2ccccc2C2CCC2)cc1C. The van der Waals surface area contributed by atoms with E-state index in [9.17, 15) is 0 Å². The van der Waals surface area contributed by atoms with Gasteiger partial charge in [0, 0.05) is 0 Å². The number of hydrogen-bond donors (Lipinski definition) is 1. The molecule has 1 nitrogen and oxygen atoms in total. The van der Waals surface area contributed by atoms with Crippen LogP contribution in [0.4, 0.5) is 0 Å². The lowest BCUT2D eigenvalue weighted by Crippen LogP contribution is -2.18. The van der Waals surface area contributed by atoms with Crippen molar-refractivity contribution >= 4 is 0 Å². The van der Waals surface area contributed by atoms with Crippen molar-refractivity contribution in [1.82, 2.24) is 0 Å². The zero-order valence-electron chi connectivity index (χ0n) is 12.4. The second-order valence-corrected chi connectivity index (χ2v) is 6.08. The summed E-state index contributed by atoms with van der Waals surface area (Å²) in [7, 11) is 0. The summed E-state index contributed by atoms with van der Waals surface area (Å²) in [5.41, 5.74) is 13.2. The van der Waals surface area contributed by atoms with Crippen molar-refractivity contribution in [3.05, 3.63) is 70.3 Å². The molecule has 1 aliphatic rings. The Morgan fingerprint density at radius 3 is 2.40 bits per heavy atom. The molecule has 2 N–H and O–H groups in total. The average Bonchev–Trinajstić information content (AvgIpc) is 2.40. The highest BCUT2D eigenvalue weighted by molar-refractivity contribution is 5.41. The molecule has 2 aromatic rings. The second kappa shape index (κ2) is 5.41. The zero-order valence-corrected chi connectivity index (χ0v) is 12.4. The lowest BCUT2D eigenvalue weighted by Gasteiger charge is -2.29. The van der Waals surface area contributed by atoms with E-state index in [1.165, 1.54) is 47.1 Å². The quantitative estimate of drug-likeness (QED) is 0.861. The van der Waals surface area contributed by atoms with E-state index in [1.807, 2.05) is 0 Å². The molecule has 0 heterocycles. The van der Waals surface area contributed by atoms with Gasteiger partial charge in [0.25, 0.3) is 0 Å². The first-order valence-corrected chi connectivity index (χ1v) is 7.58. The van der Waals surface area contributed by atoms with Gasteiger partial charge in [0.1, 0.15) is 0 Å². The van der Waals surface area contributed by atoms with Gasteiger partial charge in [-0.05, 0) is 60.4 Å². The zero-order chi connectivity index (χ0) is 14.1. The van der Waals surface area contributed by atoms with Crippen molar-refractivity contribution in [2.24, 2.45) is 5.73 Å². The third-order valence-electron chi connectivity index (χ3n) is 4.77. The molecule has 0 aliphatic heterocycles. The van der Waals surface area contributed by atoms with Gasteiger partial charge >= 0.3 is 0 Å². The molecule has 1 unspecified atom stereocenters. The van der Waals surface area contributed by atoms with Crippen molar-refractivity contribution in [3.63, 3.8) is 0 Å². The van der Waals surface area contributed by atoms with Crippen LogP contribution < -0.4 is 5.73 Å². The van der Waals surface area contributed by atoms with E-state index in [0.717, 1.165) is 5.92 Å². The van der Waals surface area contributed by atoms with Gasteiger partial charge in [-0.1, -0.05) is 48.9 Å². The number of nitrogens with two attached hydrogens (primary N) is 1. The van der Waals surface area contributed by atoms with Gasteiger partial charge in [0.15, 0.2) is 0 Å². The van der Waals surface area contributed by atoms with Crippen molar-refractivity contribution in [1.29, 1.82) is 0 Å². The predicted molar refractivity (Wildman–Crippen MR) is 85.0 cm³/mol. The largest absolute Gasteiger partial charge is 0.320 e. The molecule has 0 radical (unpaired) electrons. The second-order valence-electron chi connectivity index (χ2n) is 6.08. The van der Waals surface area contributed by atoms with E-state index < -0.39 is 0 Å². The molecule has 1 fully saturated rings. The Balaban J connectivity index is 1.97. The summed E-state index contributed by atoms with van der Waals surface area (Å²) in [4.78, 5) is 0. The molecule has 0 saturated heterocycles. The molecule has 20 heavy (non-hydrogen) atoms. The molecule has 2 aromatic carbocycles. The predicted octanol–water partition coefficient (Wildman–Crippen LogP) is 4.62. The first-order chi connectivity index (χ1) is 9.66. The van der Waals surface area contributed by atoms with E-state index >= 15 is 0 Å². The van der Waals surface area contributed by atoms with Crippen LogP contribution in [0.3, 0.4) is 0 Å². The summed E-state index contributed by atoms with van der Waals surface area (Å²) in [6.45, 7) is 4.30. The van der Waals surface area contributed by atoms with Gasteiger partial charge in [0.05, 0.1) is 6.04 Å². The molecule has 0 aromatic heterocycles. The van der Waals surface area contributed by atoms with Crippen molar-refractivity contribution < 1.29 is 0 Å². The summed E-state index contributed by atoms with van der Waals surface area (Å²) in [5.74, 6) is 0.726. The van der Waals surface area contributed by atoms with Crippen LogP contribution in [-0.4, -0.2) is 0 Å². The van der Waals surface area contributed by atoms with Crippen LogP contribution in [0, 0.1) is 13.8 Å². The van der Waals surface area contributed by atoms with E-state index in [1.54, 1.807) is 0 Å². The maximum Gasteiger partial charge on any atom is 0.0554 e. The third kappa shape index (κ3) is 2.38. The van der Waals surface area contributed by atoms with Gasteiger partial charge in [-0.2, -0.15) is 0 Å². The van der Waals surface area contributed by atoms with Crippen LogP contribution in [-0.2, 0) is 0 Å². The topological polar surface area (TPSA) is 26.0 Å². The molecule has 104 valence electrons. The molecule has 1 heteroatoms. The summed E-state index contributed by atoms with van der Waals surface area (Å²) in [5, 5.41) is 0. The first-order valence-electron chi connectivity index (χ1n) is 7.58. The highest BCUT2D eigenvalue weighted by atomic mass is 14.6. The fourth-order valence-corrected chi connectivity index (χ4v) is 3.02. The highest BCUT2D eigenvalue weighted by Gasteiger charge is 2.24. The normalized spacial score (nSPS) is 16.8. The fourth-order valence-electron chi connectivity index (χ4n) is 3.02. The summed E-state index contributed by atoms with van der Waals surface area (Å²) in [6, 6.07) is 15.3. The lowest BCUT2D eigenvalue weighted by molar-refractivity contribution is 0.416. The van der Waals surface area contributed by atoms with Gasteiger partial charge in [-0.25, -0.2) is 0 Å². The monoisotopic (exact) mass is 265 g/mol. The third-order valence-corrected chi connectivity index (χ3v) is 4.77. The molecule has 1 aliphatic carbocycles. The molecule has 0 amide bonds. The van der Waals surface area contributed by atoms with E-state index in [2.05, 4.69) is 56.3 Å². The van der Waals surface area contributed by atoms with Gasteiger partial charge in [-0.3, -0.25) is 0 Å². The maximum absolute atomic E-state index is 6.55. The van der Waals surface area contributed by atoms with Crippen LogP contribution in [0.25, 0.3) is 0 Å². The first kappa shape index (κ1) is 13.4. The Kier molecular flexibility index (Phi) is 3.62. The van der Waals surface area contributed by atoms with Gasteiger partial charge in [-0.15, -0.1) is 0 Å². The number of rotatable bonds is 3. The standard InChI is InChI=1S/C19H23N/c1-13-10-11-16(12-14(13)2)19(20)18-9-4-3-8-17(18)15-6-5-7-15/h3-4,8-12,15,19H,5-7,20H2,1-2H3. The van der Waals surface area contributed by atoms with E-state index in [4.69, 9.17) is 5.73 Å². The molecule has 1 saturated carbocycles. The van der Waals surface area contributed by atoms with E-state index in [0.29, 0.717) is 0 Å². The Labute approximate surface area is 121 Å². The minimum absolute atomic E-state index is 0.00824. The number of hydrogen-bond acceptors (Lipinski definition) is 1. The Bertz CT molecular complexity index is 611. The van der Waals surface area contributed by atoms with Crippen LogP contribution >= 0.6 is 0 Å². The van der Waals surface area contributed by atoms with Gasteiger partial charge in [0.2, 0.25) is 0 Å². The fraction of sp³-hybridized carbons (Fsp3) is 0.368. The average molecular weight is 265 g/mol. The van der Waals surface area contributed by atoms with Crippen molar-refractivity contribution in [3.8, 4) is 0 Å². The van der Waals surface area contributed by atoms with Crippen LogP contribution in [0.15, 0.2) is 42.5 Å². The molecule has 1 atom stereocenters. The van der Waals surface area contributed by atoms with Gasteiger partial charge < -0.3 is 5.73 Å². The smallest absolute Gasteiger partial charge is 0.0554 e. The molecular formula is C19H23N. The van der Waals surface area contributed by atoms with E-state index in [-0.39, 0.29) is 6.04 Å².